The highest BCUT2D eigenvalue weighted by Gasteiger charge is 1.98. The molecular formula is C10H9N3. The minimum absolute atomic E-state index is 0.730. The van der Waals surface area contributed by atoms with Gasteiger partial charge in [0, 0.05) is 5.56 Å². The Morgan fingerprint density at radius 1 is 1.00 bits per heavy atom. The summed E-state index contributed by atoms with van der Waals surface area (Å²) in [6.45, 7) is 1.86. The molecule has 2 aromatic rings. The smallest absolute Gasteiger partial charge is 0.162 e. The summed E-state index contributed by atoms with van der Waals surface area (Å²) in [6.07, 6.45) is 1.53. The summed E-state index contributed by atoms with van der Waals surface area (Å²) >= 11 is 0. The fraction of sp³-hybridized carbons (Fsp3) is 0.100. The maximum atomic E-state index is 4.22. The maximum absolute atomic E-state index is 4.22. The number of aromatic nitrogens is 3. The lowest BCUT2D eigenvalue weighted by Crippen LogP contribution is -1.93. The third kappa shape index (κ3) is 1.69. The van der Waals surface area contributed by atoms with E-state index in [2.05, 4.69) is 15.0 Å². The topological polar surface area (TPSA) is 38.7 Å². The number of benzene rings is 1. The lowest BCUT2D eigenvalue weighted by atomic mass is 10.2. The molecule has 0 saturated carbocycles. The number of hydrogen-bond donors (Lipinski definition) is 0. The normalized spacial score (nSPS) is 9.92. The van der Waals surface area contributed by atoms with Crippen LogP contribution in [0.4, 0.5) is 0 Å². The second kappa shape index (κ2) is 3.31. The van der Waals surface area contributed by atoms with E-state index in [1.54, 1.807) is 0 Å². The van der Waals surface area contributed by atoms with Crippen LogP contribution in [0.5, 0.6) is 0 Å². The highest BCUT2D eigenvalue weighted by atomic mass is 15.0. The molecule has 0 amide bonds. The Balaban J connectivity index is 2.48. The largest absolute Gasteiger partial charge is 0.222 e. The fourth-order valence-corrected chi connectivity index (χ4v) is 1.10. The van der Waals surface area contributed by atoms with Crippen LogP contribution in [0, 0.1) is 6.92 Å². The summed E-state index contributed by atoms with van der Waals surface area (Å²) in [4.78, 5) is 12.3. The van der Waals surface area contributed by atoms with Crippen LogP contribution in [0.25, 0.3) is 11.4 Å². The van der Waals surface area contributed by atoms with Gasteiger partial charge >= 0.3 is 0 Å². The molecule has 0 aliphatic heterocycles. The minimum Gasteiger partial charge on any atom is -0.222 e. The van der Waals surface area contributed by atoms with E-state index in [-0.39, 0.29) is 0 Å². The van der Waals surface area contributed by atoms with E-state index >= 15 is 0 Å². The van der Waals surface area contributed by atoms with Gasteiger partial charge in [0.05, 0.1) is 0 Å². The van der Waals surface area contributed by atoms with Crippen LogP contribution in [0.1, 0.15) is 5.82 Å². The number of aryl methyl sites for hydroxylation is 1. The van der Waals surface area contributed by atoms with Crippen LogP contribution in [0.15, 0.2) is 36.7 Å². The van der Waals surface area contributed by atoms with Gasteiger partial charge in [-0.05, 0) is 6.92 Å². The Morgan fingerprint density at radius 2 is 1.77 bits per heavy atom. The Kier molecular flexibility index (Phi) is 2.00. The molecule has 64 valence electrons. The van der Waals surface area contributed by atoms with Crippen molar-refractivity contribution in [2.45, 2.75) is 6.92 Å². The van der Waals surface area contributed by atoms with Crippen molar-refractivity contribution in [3.8, 4) is 11.4 Å². The average Bonchev–Trinajstić information content (AvgIpc) is 2.19. The van der Waals surface area contributed by atoms with Gasteiger partial charge in [-0.15, -0.1) is 0 Å². The van der Waals surface area contributed by atoms with Gasteiger partial charge in [0.2, 0.25) is 0 Å². The predicted molar refractivity (Wildman–Crippen MR) is 50.0 cm³/mol. The van der Waals surface area contributed by atoms with Crippen LogP contribution >= 0.6 is 0 Å². The second-order valence-corrected chi connectivity index (χ2v) is 2.72. The first-order chi connectivity index (χ1) is 6.36. The number of rotatable bonds is 1. The third-order valence-electron chi connectivity index (χ3n) is 1.72. The summed E-state index contributed by atoms with van der Waals surface area (Å²) in [6, 6.07) is 9.87. The zero-order valence-electron chi connectivity index (χ0n) is 7.31. The van der Waals surface area contributed by atoms with Crippen molar-refractivity contribution in [1.29, 1.82) is 0 Å². The summed E-state index contributed by atoms with van der Waals surface area (Å²) < 4.78 is 0. The number of hydrogen-bond acceptors (Lipinski definition) is 3. The molecule has 0 atom stereocenters. The zero-order valence-corrected chi connectivity index (χ0v) is 7.31. The monoisotopic (exact) mass is 171 g/mol. The van der Waals surface area contributed by atoms with Gasteiger partial charge in [0.25, 0.3) is 0 Å². The highest BCUT2D eigenvalue weighted by Crippen LogP contribution is 2.11. The third-order valence-corrected chi connectivity index (χ3v) is 1.72. The van der Waals surface area contributed by atoms with E-state index in [4.69, 9.17) is 0 Å². The molecule has 0 spiro atoms. The van der Waals surface area contributed by atoms with E-state index in [0.29, 0.717) is 0 Å². The molecule has 0 aliphatic rings. The molecule has 0 N–H and O–H groups in total. The van der Waals surface area contributed by atoms with Gasteiger partial charge in [0.15, 0.2) is 5.82 Å². The molecule has 1 heterocycles. The standard InChI is InChI=1S/C10H9N3/c1-8-11-7-12-10(13-8)9-5-3-2-4-6-9/h2-7H,1H3. The van der Waals surface area contributed by atoms with Crippen molar-refractivity contribution in [1.82, 2.24) is 15.0 Å². The lowest BCUT2D eigenvalue weighted by molar-refractivity contribution is 0.983. The first-order valence-electron chi connectivity index (χ1n) is 4.07. The van der Waals surface area contributed by atoms with Gasteiger partial charge in [-0.2, -0.15) is 0 Å². The van der Waals surface area contributed by atoms with Gasteiger partial charge in [-0.25, -0.2) is 15.0 Å². The first kappa shape index (κ1) is 7.86. The summed E-state index contributed by atoms with van der Waals surface area (Å²) in [5.74, 6) is 1.47. The molecule has 0 bridgehead atoms. The summed E-state index contributed by atoms with van der Waals surface area (Å²) in [7, 11) is 0. The molecule has 0 radical (unpaired) electrons. The molecule has 2 rings (SSSR count). The van der Waals surface area contributed by atoms with E-state index in [0.717, 1.165) is 17.2 Å². The molecular weight excluding hydrogens is 162 g/mol. The number of nitrogens with zero attached hydrogens (tertiary/aromatic N) is 3. The fourth-order valence-electron chi connectivity index (χ4n) is 1.10. The van der Waals surface area contributed by atoms with Gasteiger partial charge in [-0.3, -0.25) is 0 Å². The Bertz CT molecular complexity index is 398. The minimum atomic E-state index is 0.730. The Hall–Kier alpha value is -1.77. The molecule has 0 unspecified atom stereocenters. The van der Waals surface area contributed by atoms with Crippen LogP contribution < -0.4 is 0 Å². The molecule has 3 nitrogen and oxygen atoms in total. The van der Waals surface area contributed by atoms with E-state index in [1.165, 1.54) is 6.33 Å². The van der Waals surface area contributed by atoms with Crippen molar-refractivity contribution < 1.29 is 0 Å². The Labute approximate surface area is 76.5 Å². The second-order valence-electron chi connectivity index (χ2n) is 2.72. The molecule has 0 saturated heterocycles. The molecule has 0 aliphatic carbocycles. The summed E-state index contributed by atoms with van der Waals surface area (Å²) in [5, 5.41) is 0. The van der Waals surface area contributed by atoms with Crippen LogP contribution in [-0.4, -0.2) is 15.0 Å². The molecule has 3 heteroatoms. The van der Waals surface area contributed by atoms with Crippen molar-refractivity contribution in [2.24, 2.45) is 0 Å². The Morgan fingerprint density at radius 3 is 2.46 bits per heavy atom. The van der Waals surface area contributed by atoms with Crippen LogP contribution in [0.3, 0.4) is 0 Å². The molecule has 13 heavy (non-hydrogen) atoms. The maximum Gasteiger partial charge on any atom is 0.162 e. The van der Waals surface area contributed by atoms with E-state index in [1.807, 2.05) is 37.3 Å². The van der Waals surface area contributed by atoms with Crippen molar-refractivity contribution in [3.63, 3.8) is 0 Å². The average molecular weight is 171 g/mol. The van der Waals surface area contributed by atoms with Gasteiger partial charge < -0.3 is 0 Å². The van der Waals surface area contributed by atoms with Crippen LogP contribution in [0.2, 0.25) is 0 Å². The molecule has 1 aromatic carbocycles. The zero-order chi connectivity index (χ0) is 9.10. The molecule has 0 fully saturated rings. The van der Waals surface area contributed by atoms with Crippen molar-refractivity contribution in [3.05, 3.63) is 42.5 Å². The quantitative estimate of drug-likeness (QED) is 0.657. The highest BCUT2D eigenvalue weighted by molar-refractivity contribution is 5.53. The van der Waals surface area contributed by atoms with Gasteiger partial charge in [0.1, 0.15) is 12.2 Å². The lowest BCUT2D eigenvalue weighted by Gasteiger charge is -1.98. The van der Waals surface area contributed by atoms with Crippen molar-refractivity contribution >= 4 is 0 Å². The SMILES string of the molecule is Cc1ncnc(-c2ccccc2)n1. The molecule has 1 aromatic heterocycles. The van der Waals surface area contributed by atoms with Crippen molar-refractivity contribution in [2.75, 3.05) is 0 Å². The first-order valence-corrected chi connectivity index (χ1v) is 4.07. The van der Waals surface area contributed by atoms with E-state index < -0.39 is 0 Å². The predicted octanol–water partition coefficient (Wildman–Crippen LogP) is 1.85. The van der Waals surface area contributed by atoms with Gasteiger partial charge in [-0.1, -0.05) is 30.3 Å². The van der Waals surface area contributed by atoms with E-state index in [9.17, 15) is 0 Å². The van der Waals surface area contributed by atoms with Crippen LogP contribution in [-0.2, 0) is 0 Å². The summed E-state index contributed by atoms with van der Waals surface area (Å²) in [5.41, 5.74) is 1.02.